The average molecular weight is 152 g/mol. The Labute approximate surface area is 68.6 Å². The van der Waals surface area contributed by atoms with Gasteiger partial charge in [-0.15, -0.1) is 12.3 Å². The van der Waals surface area contributed by atoms with E-state index in [1.54, 1.807) is 0 Å². The molecule has 0 aromatic carbocycles. The third-order valence-electron chi connectivity index (χ3n) is 0.783. The maximum absolute atomic E-state index is 5.00. The highest BCUT2D eigenvalue weighted by atomic mass is 16.6. The van der Waals surface area contributed by atoms with E-state index in [2.05, 4.69) is 17.3 Å². The minimum absolute atomic E-state index is 0.0455. The monoisotopic (exact) mass is 152 g/mol. The van der Waals surface area contributed by atoms with Crippen LogP contribution in [-0.2, 0) is 4.84 Å². The van der Waals surface area contributed by atoms with Gasteiger partial charge in [-0.25, -0.2) is 0 Å². The van der Waals surface area contributed by atoms with E-state index < -0.39 is 0 Å². The molecule has 0 atom stereocenters. The zero-order valence-corrected chi connectivity index (χ0v) is 7.35. The lowest BCUT2D eigenvalue weighted by Crippen LogP contribution is -2.06. The fraction of sp³-hybridized carbons (Fsp3) is 0.667. The van der Waals surface area contributed by atoms with Crippen LogP contribution >= 0.6 is 0 Å². The normalized spacial score (nSPS) is 11.5. The van der Waals surface area contributed by atoms with Crippen molar-refractivity contribution < 1.29 is 4.84 Å². The van der Waals surface area contributed by atoms with E-state index in [0.717, 1.165) is 0 Å². The summed E-state index contributed by atoms with van der Waals surface area (Å²) in [5.41, 5.74) is -0.0455. The maximum Gasteiger partial charge on any atom is 0.128 e. The van der Waals surface area contributed by atoms with Crippen LogP contribution in [0.4, 0.5) is 0 Å². The van der Waals surface area contributed by atoms with Crippen LogP contribution in [0.25, 0.3) is 0 Å². The van der Waals surface area contributed by atoms with Crippen LogP contribution in [0.2, 0.25) is 0 Å². The quantitative estimate of drug-likeness (QED) is 0.262. The fourth-order valence-electron chi connectivity index (χ4n) is 0.319. The SMILES string of the molecule is C#CCCO/N=[C]/C(C)(C)C. The van der Waals surface area contributed by atoms with Gasteiger partial charge < -0.3 is 4.84 Å². The number of terminal acetylenes is 1. The molecule has 0 heterocycles. The van der Waals surface area contributed by atoms with Crippen LogP contribution in [0, 0.1) is 17.8 Å². The predicted octanol–water partition coefficient (Wildman–Crippen LogP) is 1.94. The zero-order valence-electron chi connectivity index (χ0n) is 7.35. The smallest absolute Gasteiger partial charge is 0.128 e. The second-order valence-electron chi connectivity index (χ2n) is 3.24. The first-order valence-corrected chi connectivity index (χ1v) is 3.59. The van der Waals surface area contributed by atoms with E-state index in [1.807, 2.05) is 20.8 Å². The van der Waals surface area contributed by atoms with Gasteiger partial charge in [-0.1, -0.05) is 25.9 Å². The van der Waals surface area contributed by atoms with Gasteiger partial charge in [0.15, 0.2) is 0 Å². The molecule has 0 aromatic rings. The first-order valence-electron chi connectivity index (χ1n) is 3.59. The van der Waals surface area contributed by atoms with Crippen LogP contribution in [0.15, 0.2) is 5.16 Å². The molecule has 0 aromatic heterocycles. The number of hydrogen-bond acceptors (Lipinski definition) is 2. The van der Waals surface area contributed by atoms with E-state index in [9.17, 15) is 0 Å². The molecule has 1 radical (unpaired) electrons. The molecule has 0 fully saturated rings. The molecule has 61 valence electrons. The Kier molecular flexibility index (Phi) is 4.36. The van der Waals surface area contributed by atoms with Gasteiger partial charge in [-0.05, 0) is 0 Å². The molecule has 2 nitrogen and oxygen atoms in total. The van der Waals surface area contributed by atoms with Crippen LogP contribution in [0.5, 0.6) is 0 Å². The number of nitrogens with zero attached hydrogens (tertiary/aromatic N) is 1. The predicted molar refractivity (Wildman–Crippen MR) is 46.3 cm³/mol. The second-order valence-corrected chi connectivity index (χ2v) is 3.24. The van der Waals surface area contributed by atoms with Crippen LogP contribution < -0.4 is 0 Å². The second kappa shape index (κ2) is 4.79. The molecule has 0 bridgehead atoms. The van der Waals surface area contributed by atoms with Gasteiger partial charge in [0.25, 0.3) is 0 Å². The van der Waals surface area contributed by atoms with Crippen molar-refractivity contribution in [3.63, 3.8) is 0 Å². The third kappa shape index (κ3) is 9.03. The molecular formula is C9H14NO. The van der Waals surface area contributed by atoms with Crippen molar-refractivity contribution in [2.24, 2.45) is 10.6 Å². The van der Waals surface area contributed by atoms with Gasteiger partial charge in [0.1, 0.15) is 12.8 Å². The molecular weight excluding hydrogens is 138 g/mol. The van der Waals surface area contributed by atoms with E-state index in [4.69, 9.17) is 11.3 Å². The van der Waals surface area contributed by atoms with Crippen molar-refractivity contribution in [3.8, 4) is 12.3 Å². The molecule has 11 heavy (non-hydrogen) atoms. The number of hydrogen-bond donors (Lipinski definition) is 0. The summed E-state index contributed by atoms with van der Waals surface area (Å²) < 4.78 is 0. The van der Waals surface area contributed by atoms with Crippen molar-refractivity contribution in [3.05, 3.63) is 0 Å². The van der Waals surface area contributed by atoms with E-state index >= 15 is 0 Å². The van der Waals surface area contributed by atoms with E-state index in [1.165, 1.54) is 0 Å². The maximum atomic E-state index is 5.00. The van der Waals surface area contributed by atoms with Crippen molar-refractivity contribution in [1.29, 1.82) is 0 Å². The highest BCUT2D eigenvalue weighted by Gasteiger charge is 2.06. The molecule has 0 rings (SSSR count). The highest BCUT2D eigenvalue weighted by Crippen LogP contribution is 2.08. The third-order valence-corrected chi connectivity index (χ3v) is 0.783. The molecule has 0 saturated carbocycles. The summed E-state index contributed by atoms with van der Waals surface area (Å²) >= 11 is 0. The lowest BCUT2D eigenvalue weighted by Gasteiger charge is -2.07. The Bertz CT molecular complexity index is 159. The van der Waals surface area contributed by atoms with E-state index in [-0.39, 0.29) is 5.41 Å². The summed E-state index contributed by atoms with van der Waals surface area (Å²) in [6.45, 7) is 6.47. The summed E-state index contributed by atoms with van der Waals surface area (Å²) in [4.78, 5) is 4.82. The van der Waals surface area contributed by atoms with Gasteiger partial charge >= 0.3 is 0 Å². The first kappa shape index (κ1) is 10.0. The van der Waals surface area contributed by atoms with Crippen molar-refractivity contribution in [1.82, 2.24) is 0 Å². The minimum atomic E-state index is -0.0455. The molecule has 0 aliphatic heterocycles. The summed E-state index contributed by atoms with van der Waals surface area (Å²) in [6.07, 6.45) is 8.41. The molecule has 0 amide bonds. The Balaban J connectivity index is 3.40. The van der Waals surface area contributed by atoms with Gasteiger partial charge in [-0.3, -0.25) is 0 Å². The molecule has 0 aliphatic carbocycles. The lowest BCUT2D eigenvalue weighted by atomic mass is 10.00. The van der Waals surface area contributed by atoms with Crippen molar-refractivity contribution >= 4 is 6.21 Å². The molecule has 2 heteroatoms. The Morgan fingerprint density at radius 3 is 2.55 bits per heavy atom. The Hall–Kier alpha value is -0.970. The van der Waals surface area contributed by atoms with Crippen LogP contribution in [0.3, 0.4) is 0 Å². The first-order chi connectivity index (χ1) is 5.06. The summed E-state index contributed by atoms with van der Waals surface area (Å²) in [6, 6.07) is 0. The topological polar surface area (TPSA) is 21.6 Å². The van der Waals surface area contributed by atoms with Gasteiger partial charge in [0.05, 0.1) is 0 Å². The van der Waals surface area contributed by atoms with Crippen molar-refractivity contribution in [2.75, 3.05) is 6.61 Å². The van der Waals surface area contributed by atoms with Crippen molar-refractivity contribution in [2.45, 2.75) is 27.2 Å². The van der Waals surface area contributed by atoms with Crippen LogP contribution in [-0.4, -0.2) is 12.8 Å². The summed E-state index contributed by atoms with van der Waals surface area (Å²) in [5, 5.41) is 3.63. The largest absolute Gasteiger partial charge is 0.395 e. The lowest BCUT2D eigenvalue weighted by molar-refractivity contribution is 0.149. The summed E-state index contributed by atoms with van der Waals surface area (Å²) in [7, 11) is 0. The number of rotatable bonds is 3. The van der Waals surface area contributed by atoms with Gasteiger partial charge in [-0.2, -0.15) is 0 Å². The zero-order chi connectivity index (χ0) is 8.74. The average Bonchev–Trinajstić information content (AvgIpc) is 1.85. The molecule has 0 spiro atoms. The molecule has 0 aliphatic rings. The molecule has 0 N–H and O–H groups in total. The van der Waals surface area contributed by atoms with E-state index in [0.29, 0.717) is 13.0 Å². The summed E-state index contributed by atoms with van der Waals surface area (Å²) in [5.74, 6) is 2.45. The highest BCUT2D eigenvalue weighted by molar-refractivity contribution is 5.63. The van der Waals surface area contributed by atoms with Gasteiger partial charge in [0.2, 0.25) is 0 Å². The Morgan fingerprint density at radius 1 is 1.45 bits per heavy atom. The van der Waals surface area contributed by atoms with Crippen LogP contribution in [0.1, 0.15) is 27.2 Å². The fourth-order valence-corrected chi connectivity index (χ4v) is 0.319. The molecule has 0 saturated heterocycles. The Morgan fingerprint density at radius 2 is 2.09 bits per heavy atom. The minimum Gasteiger partial charge on any atom is -0.395 e. The van der Waals surface area contributed by atoms with Gasteiger partial charge in [0, 0.05) is 11.8 Å². The standard InChI is InChI=1S/C9H14NO/c1-5-6-7-11-10-8-9(2,3)4/h1H,6-7H2,2-4H3. The molecule has 0 unspecified atom stereocenters.